The Balaban J connectivity index is 1.31. The number of aromatic nitrogens is 1. The summed E-state index contributed by atoms with van der Waals surface area (Å²) in [4.78, 5) is 4.99. The lowest BCUT2D eigenvalue weighted by Crippen LogP contribution is -2.34. The van der Waals surface area contributed by atoms with Crippen molar-refractivity contribution in [1.82, 2.24) is 4.68 Å². The van der Waals surface area contributed by atoms with Gasteiger partial charge in [0.25, 0.3) is 0 Å². The molecule has 0 saturated heterocycles. The van der Waals surface area contributed by atoms with Crippen LogP contribution in [-0.4, -0.2) is 16.4 Å². The first kappa shape index (κ1) is 23.2. The number of benzene rings is 5. The molecule has 1 aliphatic carbocycles. The number of rotatable bonds is 1. The van der Waals surface area contributed by atoms with Crippen LogP contribution in [0.15, 0.2) is 131 Å². The second-order valence-electron chi connectivity index (χ2n) is 11.3. The second kappa shape index (κ2) is 8.34. The van der Waals surface area contributed by atoms with Gasteiger partial charge in [0.15, 0.2) is 0 Å². The van der Waals surface area contributed by atoms with Crippen LogP contribution in [-0.2, 0) is 0 Å². The Morgan fingerprint density at radius 1 is 0.744 bits per heavy atom. The van der Waals surface area contributed by atoms with E-state index in [4.69, 9.17) is 9.41 Å². The number of nitrogens with zero attached hydrogens (tertiary/aromatic N) is 2. The zero-order valence-electron chi connectivity index (χ0n) is 23.0. The van der Waals surface area contributed by atoms with E-state index in [9.17, 15) is 0 Å². The maximum atomic E-state index is 6.46. The summed E-state index contributed by atoms with van der Waals surface area (Å²) in [5.41, 5.74) is 12.7. The molecule has 1 atom stereocenters. The zero-order chi connectivity index (χ0) is 28.2. The summed E-state index contributed by atoms with van der Waals surface area (Å²) in [5, 5.41) is 7.18. The van der Waals surface area contributed by atoms with E-state index in [0.717, 1.165) is 55.3 Å². The molecule has 10 rings (SSSR count). The molecular weight excluding hydrogens is 547 g/mol. The molecule has 8 aromatic rings. The number of para-hydroxylation sites is 1. The summed E-state index contributed by atoms with van der Waals surface area (Å²) in [6.45, 7) is 4.45. The minimum Gasteiger partial charge on any atom is -0.456 e. The van der Waals surface area contributed by atoms with E-state index in [1.165, 1.54) is 36.7 Å². The van der Waals surface area contributed by atoms with Crippen molar-refractivity contribution in [3.05, 3.63) is 127 Å². The molecule has 0 bridgehead atoms. The predicted octanol–water partition coefficient (Wildman–Crippen LogP) is 10.2. The summed E-state index contributed by atoms with van der Waals surface area (Å²) in [7, 11) is 0. The van der Waals surface area contributed by atoms with Crippen LogP contribution in [0.3, 0.4) is 0 Å². The minimum atomic E-state index is -0.0689. The van der Waals surface area contributed by atoms with Crippen molar-refractivity contribution in [3.8, 4) is 11.1 Å². The SMILES string of the molecule is C=C1N=C2C=CC=CC2Nn2c3ccc(-c4ccc5c(c4)sc4ccccc45)cc3c3c4c(cc1c32)oc1ccccc14. The highest BCUT2D eigenvalue weighted by atomic mass is 32.1. The van der Waals surface area contributed by atoms with Gasteiger partial charge in [-0.2, -0.15) is 0 Å². The minimum absolute atomic E-state index is 0.0689. The van der Waals surface area contributed by atoms with Crippen molar-refractivity contribution in [2.75, 3.05) is 5.43 Å². The maximum Gasteiger partial charge on any atom is 0.136 e. The summed E-state index contributed by atoms with van der Waals surface area (Å²) in [5.74, 6) is 0. The van der Waals surface area contributed by atoms with Crippen molar-refractivity contribution in [3.63, 3.8) is 0 Å². The number of furan rings is 1. The standard InChI is InChI=1S/C38H23N3OS/c1-21-27-20-33-36(26-9-2-6-12-32(26)42-33)37-28-18-22(23-14-16-25-24-8-3-7-13-34(24)43-35(25)19-23)15-17-31(28)41(38(27)37)40-30-11-5-4-10-29(30)39-21/h2-20,30,40H,1H2. The molecule has 1 N–H and O–H groups in total. The van der Waals surface area contributed by atoms with Gasteiger partial charge in [-0.25, -0.2) is 0 Å². The van der Waals surface area contributed by atoms with Gasteiger partial charge < -0.3 is 9.84 Å². The Morgan fingerprint density at radius 2 is 1.56 bits per heavy atom. The molecule has 4 nitrogen and oxygen atoms in total. The van der Waals surface area contributed by atoms with E-state index in [-0.39, 0.29) is 6.04 Å². The van der Waals surface area contributed by atoms with Crippen LogP contribution in [0.25, 0.3) is 80.7 Å². The molecule has 5 heteroatoms. The van der Waals surface area contributed by atoms with Crippen LogP contribution in [0, 0.1) is 0 Å². The van der Waals surface area contributed by atoms with Crippen molar-refractivity contribution < 1.29 is 4.42 Å². The first-order valence-electron chi connectivity index (χ1n) is 14.4. The van der Waals surface area contributed by atoms with Crippen LogP contribution >= 0.6 is 11.3 Å². The molecule has 3 aromatic heterocycles. The lowest BCUT2D eigenvalue weighted by molar-refractivity contribution is 0.669. The molecule has 1 unspecified atom stereocenters. The lowest BCUT2D eigenvalue weighted by Gasteiger charge is -2.24. The summed E-state index contributed by atoms with van der Waals surface area (Å²) in [6, 6.07) is 32.7. The van der Waals surface area contributed by atoms with E-state index >= 15 is 0 Å². The number of thiophene rings is 1. The number of fused-ring (bicyclic) bond motifs is 11. The van der Waals surface area contributed by atoms with Gasteiger partial charge in [0.05, 0.1) is 22.4 Å². The molecule has 202 valence electrons. The molecule has 0 radical (unpaired) electrons. The van der Waals surface area contributed by atoms with Crippen molar-refractivity contribution in [2.45, 2.75) is 6.04 Å². The van der Waals surface area contributed by atoms with E-state index < -0.39 is 0 Å². The number of allylic oxidation sites excluding steroid dienone is 2. The van der Waals surface area contributed by atoms with Gasteiger partial charge >= 0.3 is 0 Å². The normalized spacial score (nSPS) is 16.3. The molecular formula is C38H23N3OS. The number of hydrogen-bond donors (Lipinski definition) is 1. The second-order valence-corrected chi connectivity index (χ2v) is 12.4. The fraction of sp³-hybridized carbons (Fsp3) is 0.0263. The van der Waals surface area contributed by atoms with Crippen molar-refractivity contribution in [1.29, 1.82) is 0 Å². The van der Waals surface area contributed by atoms with Crippen molar-refractivity contribution in [2.24, 2.45) is 4.99 Å². The number of nitrogens with one attached hydrogen (secondary N) is 1. The van der Waals surface area contributed by atoms with Crippen LogP contribution in [0.1, 0.15) is 5.56 Å². The third-order valence-electron chi connectivity index (χ3n) is 8.93. The molecule has 5 aromatic carbocycles. The molecule has 0 spiro atoms. The van der Waals surface area contributed by atoms with Crippen LogP contribution < -0.4 is 5.43 Å². The van der Waals surface area contributed by atoms with Gasteiger partial charge in [0.1, 0.15) is 17.2 Å². The van der Waals surface area contributed by atoms with Gasteiger partial charge in [0, 0.05) is 47.3 Å². The van der Waals surface area contributed by atoms with E-state index in [2.05, 4.69) is 114 Å². The molecule has 4 heterocycles. The average Bonchev–Trinajstić information content (AvgIpc) is 3.69. The molecule has 2 aliphatic rings. The lowest BCUT2D eigenvalue weighted by atomic mass is 9.98. The Bertz CT molecular complexity index is 2620. The average molecular weight is 570 g/mol. The van der Waals surface area contributed by atoms with Gasteiger partial charge in [-0.15, -0.1) is 11.3 Å². The Kier molecular flexibility index (Phi) is 4.50. The van der Waals surface area contributed by atoms with Crippen LogP contribution in [0.2, 0.25) is 0 Å². The Morgan fingerprint density at radius 3 is 2.51 bits per heavy atom. The van der Waals surface area contributed by atoms with Gasteiger partial charge in [-0.05, 0) is 53.6 Å². The summed E-state index contributed by atoms with van der Waals surface area (Å²) < 4.78 is 11.3. The quantitative estimate of drug-likeness (QED) is 0.214. The predicted molar refractivity (Wildman–Crippen MR) is 183 cm³/mol. The van der Waals surface area contributed by atoms with Crippen LogP contribution in [0.4, 0.5) is 0 Å². The fourth-order valence-electron chi connectivity index (χ4n) is 6.96. The van der Waals surface area contributed by atoms with Gasteiger partial charge in [0.2, 0.25) is 0 Å². The molecule has 0 saturated carbocycles. The molecule has 0 amide bonds. The first-order valence-corrected chi connectivity index (χ1v) is 15.3. The summed E-state index contributed by atoms with van der Waals surface area (Å²) >= 11 is 1.85. The third-order valence-corrected chi connectivity index (χ3v) is 10.1. The molecule has 0 fully saturated rings. The number of aliphatic imine (C=N–C) groups is 1. The first-order chi connectivity index (χ1) is 21.2. The number of hydrogen-bond acceptors (Lipinski definition) is 4. The maximum absolute atomic E-state index is 6.46. The van der Waals surface area contributed by atoms with Gasteiger partial charge in [-0.1, -0.05) is 79.4 Å². The largest absolute Gasteiger partial charge is 0.456 e. The summed E-state index contributed by atoms with van der Waals surface area (Å²) in [6.07, 6.45) is 8.30. The third kappa shape index (κ3) is 3.17. The highest BCUT2D eigenvalue weighted by Gasteiger charge is 2.26. The van der Waals surface area contributed by atoms with Gasteiger partial charge in [-0.3, -0.25) is 9.67 Å². The highest BCUT2D eigenvalue weighted by Crippen LogP contribution is 2.45. The highest BCUT2D eigenvalue weighted by molar-refractivity contribution is 7.25. The van der Waals surface area contributed by atoms with Crippen LogP contribution in [0.5, 0.6) is 0 Å². The Hall–Kier alpha value is -5.39. The molecule has 43 heavy (non-hydrogen) atoms. The van der Waals surface area contributed by atoms with E-state index in [1.54, 1.807) is 0 Å². The zero-order valence-corrected chi connectivity index (χ0v) is 23.8. The fourth-order valence-corrected chi connectivity index (χ4v) is 8.11. The topological polar surface area (TPSA) is 42.5 Å². The smallest absolute Gasteiger partial charge is 0.136 e. The molecule has 1 aliphatic heterocycles. The monoisotopic (exact) mass is 569 g/mol. The Labute approximate surface area is 250 Å². The van der Waals surface area contributed by atoms with Crippen molar-refractivity contribution >= 4 is 86.7 Å². The van der Waals surface area contributed by atoms with E-state index in [0.29, 0.717) is 0 Å². The van der Waals surface area contributed by atoms with E-state index in [1.807, 2.05) is 29.5 Å².